The summed E-state index contributed by atoms with van der Waals surface area (Å²) >= 11 is 0. The number of halogens is 1. The van der Waals surface area contributed by atoms with Crippen molar-refractivity contribution in [2.45, 2.75) is 83.5 Å². The molecule has 6 aromatic rings. The molecule has 23 heteroatoms. The van der Waals surface area contributed by atoms with Crippen LogP contribution in [0.25, 0.3) is 44.7 Å². The third-order valence-electron chi connectivity index (χ3n) is 14.9. The van der Waals surface area contributed by atoms with Gasteiger partial charge in [-0.1, -0.05) is 5.16 Å². The second-order valence-corrected chi connectivity index (χ2v) is 19.8. The number of ether oxygens (including phenoxy) is 1. The number of nitrogen functional groups attached to an aromatic ring is 1. The summed E-state index contributed by atoms with van der Waals surface area (Å²) in [5.41, 5.74) is 11.3. The van der Waals surface area contributed by atoms with Crippen molar-refractivity contribution in [2.75, 3.05) is 87.6 Å². The molecule has 3 amide bonds. The number of aliphatic hydroxyl groups is 1. The number of piperazine rings is 1. The number of anilines is 3. The quantitative estimate of drug-likeness (QED) is 0.167. The predicted octanol–water partition coefficient (Wildman–Crippen LogP) is 3.90. The third kappa shape index (κ3) is 8.71. The summed E-state index contributed by atoms with van der Waals surface area (Å²) in [4.78, 5) is 66.4. The molecular weight excluding hydrogens is 916 g/mol. The van der Waals surface area contributed by atoms with E-state index in [0.717, 1.165) is 62.3 Å². The molecule has 4 N–H and O–H groups in total. The number of aromatic nitrogens is 9. The lowest BCUT2D eigenvalue weighted by molar-refractivity contribution is -0.136. The van der Waals surface area contributed by atoms with E-state index in [9.17, 15) is 19.5 Å². The van der Waals surface area contributed by atoms with E-state index in [2.05, 4.69) is 35.3 Å². The van der Waals surface area contributed by atoms with Gasteiger partial charge in [0.15, 0.2) is 35.5 Å². The van der Waals surface area contributed by atoms with Gasteiger partial charge in [0.1, 0.15) is 29.0 Å². The lowest BCUT2D eigenvalue weighted by Gasteiger charge is -2.39. The van der Waals surface area contributed by atoms with Crippen molar-refractivity contribution >= 4 is 57.2 Å². The molecule has 22 nitrogen and oxygen atoms in total. The number of fused-ring (bicyclic) bond motifs is 2. The highest BCUT2D eigenvalue weighted by Gasteiger charge is 2.38. The van der Waals surface area contributed by atoms with E-state index in [0.29, 0.717) is 114 Å². The Balaban J connectivity index is 0.652. The maximum atomic E-state index is 16.1. The van der Waals surface area contributed by atoms with Crippen molar-refractivity contribution in [3.8, 4) is 22.8 Å². The average molecular weight is 975 g/mol. The van der Waals surface area contributed by atoms with Crippen molar-refractivity contribution in [3.63, 3.8) is 0 Å². The van der Waals surface area contributed by atoms with Gasteiger partial charge in [-0.3, -0.25) is 19.2 Å². The Morgan fingerprint density at radius 2 is 1.73 bits per heavy atom. The number of aryl methyl sites for hydroxylation is 2. The molecule has 11 rings (SSSR count). The molecule has 0 radical (unpaired) electrons. The van der Waals surface area contributed by atoms with Gasteiger partial charge in [-0.25, -0.2) is 33.8 Å². The second-order valence-electron chi connectivity index (χ2n) is 19.8. The molecule has 4 saturated heterocycles. The Labute approximate surface area is 408 Å². The Morgan fingerprint density at radius 1 is 0.958 bits per heavy atom. The molecule has 2 atom stereocenters. The number of carbonyl (C=O) groups is 3. The van der Waals surface area contributed by atoms with Crippen molar-refractivity contribution < 1.29 is 33.1 Å². The second kappa shape index (κ2) is 18.6. The number of nitrogens with zero attached hydrogens (tertiary/aromatic N) is 14. The number of nitrogens with one attached hydrogen (secondary N) is 1. The first-order valence-electron chi connectivity index (χ1n) is 24.7. The molecule has 9 heterocycles. The SMILES string of the molecule is Cc1nc(-c2c(-c3nn(C(C)C)c4ncnc(N)c34)noc2C2CC2)ncc1[C@H]1CCN(C(=O)OCC(=O)N2CCC(CN3CCN(c4ccc5c(N6CCC(=O)NC6O)nn(C)c5c4F)CC3)CC2)C1. The van der Waals surface area contributed by atoms with Crippen molar-refractivity contribution in [1.29, 1.82) is 0 Å². The molecule has 0 bridgehead atoms. The van der Waals surface area contributed by atoms with Gasteiger partial charge in [-0.15, -0.1) is 0 Å². The summed E-state index contributed by atoms with van der Waals surface area (Å²) < 4.78 is 31.0. The van der Waals surface area contributed by atoms with Gasteiger partial charge >= 0.3 is 6.09 Å². The Bertz CT molecular complexity index is 3020. The molecule has 4 aliphatic heterocycles. The van der Waals surface area contributed by atoms with E-state index in [4.69, 9.17) is 30.1 Å². The number of piperidine rings is 1. The maximum absolute atomic E-state index is 16.1. The van der Waals surface area contributed by atoms with Crippen molar-refractivity contribution in [1.82, 2.24) is 64.7 Å². The lowest BCUT2D eigenvalue weighted by atomic mass is 9.96. The first-order valence-corrected chi connectivity index (χ1v) is 24.7. The van der Waals surface area contributed by atoms with E-state index in [-0.39, 0.29) is 55.1 Å². The molecule has 1 saturated carbocycles. The van der Waals surface area contributed by atoms with Crippen LogP contribution in [-0.4, -0.2) is 161 Å². The highest BCUT2D eigenvalue weighted by molar-refractivity contribution is 6.00. The van der Waals surface area contributed by atoms with Gasteiger partial charge in [-0.05, 0) is 76.5 Å². The normalized spacial score (nSPS) is 20.5. The fourth-order valence-corrected chi connectivity index (χ4v) is 10.8. The van der Waals surface area contributed by atoms with Gasteiger partial charge in [0.2, 0.25) is 12.3 Å². The predicted molar refractivity (Wildman–Crippen MR) is 258 cm³/mol. The highest BCUT2D eigenvalue weighted by Crippen LogP contribution is 2.48. The van der Waals surface area contributed by atoms with Crippen LogP contribution in [-0.2, 0) is 21.4 Å². The molecule has 0 spiro atoms. The minimum Gasteiger partial charge on any atom is -0.439 e. The number of carbonyl (C=O) groups excluding carboxylic acids is 3. The molecule has 5 aromatic heterocycles. The minimum atomic E-state index is -1.23. The zero-order chi connectivity index (χ0) is 49.2. The molecule has 1 aromatic carbocycles. The van der Waals surface area contributed by atoms with E-state index >= 15 is 4.39 Å². The number of aliphatic hydroxyl groups excluding tert-OH is 1. The summed E-state index contributed by atoms with van der Waals surface area (Å²) in [5, 5.41) is 28.0. The zero-order valence-corrected chi connectivity index (χ0v) is 40.4. The van der Waals surface area contributed by atoms with Crippen LogP contribution in [0.5, 0.6) is 0 Å². The van der Waals surface area contributed by atoms with Gasteiger partial charge in [0, 0.05) is 114 Å². The van der Waals surface area contributed by atoms with Crippen LogP contribution in [0, 0.1) is 18.7 Å². The average Bonchev–Trinajstić information content (AvgIpc) is 3.64. The number of hydrogen-bond acceptors (Lipinski definition) is 17. The monoisotopic (exact) mass is 974 g/mol. The van der Waals surface area contributed by atoms with Crippen LogP contribution in [0.4, 0.5) is 26.5 Å². The van der Waals surface area contributed by atoms with Crippen molar-refractivity contribution in [2.24, 2.45) is 13.0 Å². The number of rotatable bonds is 11. The van der Waals surface area contributed by atoms with E-state index < -0.39 is 12.4 Å². The molecule has 5 fully saturated rings. The van der Waals surface area contributed by atoms with Gasteiger partial charge < -0.3 is 45.0 Å². The first-order chi connectivity index (χ1) is 34.3. The summed E-state index contributed by atoms with van der Waals surface area (Å²) in [6.45, 7) is 11.8. The van der Waals surface area contributed by atoms with Crippen LogP contribution in [0.3, 0.4) is 0 Å². The number of benzene rings is 1. The van der Waals surface area contributed by atoms with Crippen LogP contribution < -0.4 is 20.9 Å². The fourth-order valence-electron chi connectivity index (χ4n) is 10.8. The Kier molecular flexibility index (Phi) is 12.2. The smallest absolute Gasteiger partial charge is 0.410 e. The Hall–Kier alpha value is -7.01. The minimum absolute atomic E-state index is 0.00370. The van der Waals surface area contributed by atoms with E-state index in [1.165, 1.54) is 11.0 Å². The summed E-state index contributed by atoms with van der Waals surface area (Å²) in [6.07, 6.45) is 6.08. The Morgan fingerprint density at radius 3 is 2.46 bits per heavy atom. The number of amides is 3. The van der Waals surface area contributed by atoms with Crippen LogP contribution >= 0.6 is 0 Å². The topological polar surface area (TPSA) is 248 Å². The lowest BCUT2D eigenvalue weighted by Crippen LogP contribution is -2.54. The fraction of sp³-hybridized carbons (Fsp3) is 0.542. The zero-order valence-electron chi connectivity index (χ0n) is 40.4. The maximum Gasteiger partial charge on any atom is 0.410 e. The summed E-state index contributed by atoms with van der Waals surface area (Å²) in [5.74, 6) is 1.72. The molecule has 5 aliphatic rings. The largest absolute Gasteiger partial charge is 0.439 e. The number of likely N-dealkylation sites (tertiary alicyclic amines) is 2. The summed E-state index contributed by atoms with van der Waals surface area (Å²) in [6, 6.07) is 3.62. The van der Waals surface area contributed by atoms with Gasteiger partial charge in [-0.2, -0.15) is 10.2 Å². The third-order valence-corrected chi connectivity index (χ3v) is 14.9. The molecule has 1 unspecified atom stereocenters. The van der Waals surface area contributed by atoms with Gasteiger partial charge in [0.25, 0.3) is 5.91 Å². The van der Waals surface area contributed by atoms with Crippen LogP contribution in [0.2, 0.25) is 0 Å². The standard InChI is InChI=1S/C48H59FN16O6/c1-26(2)65-46-37(43(50)52-25-53-46)39(56-65)40-36(42(71-58-40)29-5-6-29)44-51-21-32(27(3)54-44)30-11-15-63(23-30)48(69)70-24-35(67)62-13-9-28(10-14-62)22-60-17-19-61(20-18-60)33-8-7-31-41(38(33)49)59(4)57-45(31)64-16-12-34(66)55-47(64)68/h7-8,21,25-26,28-30,47,68H,5-6,9-20,22-24H2,1-4H3,(H,55,66)(H2,50,52,53)/t30-,47?/m0/s1. The number of nitrogens with two attached hydrogens (primary N) is 1. The van der Waals surface area contributed by atoms with Crippen LogP contribution in [0.15, 0.2) is 29.2 Å². The first kappa shape index (κ1) is 46.4. The highest BCUT2D eigenvalue weighted by atomic mass is 19.1. The molecule has 71 heavy (non-hydrogen) atoms. The molecule has 1 aliphatic carbocycles. The summed E-state index contributed by atoms with van der Waals surface area (Å²) in [7, 11) is 1.68. The van der Waals surface area contributed by atoms with Gasteiger partial charge in [0.05, 0.1) is 16.6 Å². The van der Waals surface area contributed by atoms with E-state index in [1.54, 1.807) is 32.5 Å². The van der Waals surface area contributed by atoms with Crippen molar-refractivity contribution in [3.05, 3.63) is 47.5 Å². The van der Waals surface area contributed by atoms with E-state index in [1.807, 2.05) is 33.0 Å². The molecule has 374 valence electrons. The van der Waals surface area contributed by atoms with Crippen LogP contribution in [0.1, 0.15) is 87.3 Å². The molecular formula is C48H59FN16O6. The number of hydrogen-bond donors (Lipinski definition) is 3.